The predicted octanol–water partition coefficient (Wildman–Crippen LogP) is 5.73. The third kappa shape index (κ3) is 6.37. The Morgan fingerprint density at radius 1 is 1.14 bits per heavy atom. The van der Waals surface area contributed by atoms with Crippen molar-refractivity contribution >= 4 is 14.0 Å². The van der Waals surface area contributed by atoms with E-state index in [1.165, 1.54) is 19.2 Å². The molecule has 0 radical (unpaired) electrons. The van der Waals surface area contributed by atoms with Crippen LogP contribution in [0.5, 0.6) is 5.75 Å². The summed E-state index contributed by atoms with van der Waals surface area (Å²) in [6.07, 6.45) is 3.43. The number of aliphatic hydroxyl groups excluding tert-OH is 1. The minimum Gasteiger partial charge on any atom is -0.424 e. The summed E-state index contributed by atoms with van der Waals surface area (Å²) in [4.78, 5) is 17.6. The molecule has 1 aromatic heterocycles. The molecular formula is C27H26FNO5P+. The number of nitrogens with zero attached hydrogens (tertiary/aromatic N) is 1. The lowest BCUT2D eigenvalue weighted by Crippen LogP contribution is -2.27. The summed E-state index contributed by atoms with van der Waals surface area (Å²) < 4.78 is 36.0. The molecule has 3 rings (SSSR count). The topological polar surface area (TPSA) is 85.7 Å². The average Bonchev–Trinajstić information content (AvgIpc) is 2.85. The van der Waals surface area contributed by atoms with E-state index in [2.05, 4.69) is 5.92 Å². The van der Waals surface area contributed by atoms with Gasteiger partial charge in [-0.15, -0.1) is 10.9 Å². The summed E-state index contributed by atoms with van der Waals surface area (Å²) in [7, 11) is -1.15. The largest absolute Gasteiger partial charge is 0.526 e. The van der Waals surface area contributed by atoms with Gasteiger partial charge in [-0.05, 0) is 46.7 Å². The number of hydrogen-bond donors (Lipinski definition) is 1. The molecule has 0 saturated carbocycles. The highest BCUT2D eigenvalue weighted by molar-refractivity contribution is 7.40. The number of halogens is 1. The summed E-state index contributed by atoms with van der Waals surface area (Å²) >= 11 is 0. The first-order chi connectivity index (χ1) is 16.7. The number of rotatable bonds is 9. The fourth-order valence-electron chi connectivity index (χ4n) is 3.51. The summed E-state index contributed by atoms with van der Waals surface area (Å²) in [6.45, 7) is 3.89. The zero-order valence-electron chi connectivity index (χ0n) is 19.6. The minimum absolute atomic E-state index is 0.0613. The highest BCUT2D eigenvalue weighted by atomic mass is 31.1. The van der Waals surface area contributed by atoms with Crippen molar-refractivity contribution in [3.63, 3.8) is 0 Å². The Hall–Kier alpha value is -3.43. The van der Waals surface area contributed by atoms with Gasteiger partial charge in [-0.25, -0.2) is 9.37 Å². The van der Waals surface area contributed by atoms with Crippen molar-refractivity contribution in [3.8, 4) is 40.6 Å². The molecule has 0 aliphatic heterocycles. The number of esters is 1. The molecule has 0 aliphatic rings. The van der Waals surface area contributed by atoms with E-state index in [1.54, 1.807) is 12.1 Å². The van der Waals surface area contributed by atoms with Crippen LogP contribution in [0.2, 0.25) is 0 Å². The van der Waals surface area contributed by atoms with E-state index in [1.807, 2.05) is 50.2 Å². The van der Waals surface area contributed by atoms with E-state index >= 15 is 0 Å². The molecule has 3 aromatic rings. The minimum atomic E-state index is -2.36. The SMILES string of the molecule is C#CC(C(O)CC(=O)Oc1c(C(C)C)cc(-c2ccccc2)nc1-c1ccc(F)cc1)[P+](=O)OC. The van der Waals surface area contributed by atoms with Crippen molar-refractivity contribution in [1.82, 2.24) is 4.98 Å². The maximum absolute atomic E-state index is 13.6. The Balaban J connectivity index is 2.06. The van der Waals surface area contributed by atoms with Crippen LogP contribution in [-0.2, 0) is 13.9 Å². The van der Waals surface area contributed by atoms with Gasteiger partial charge in [-0.1, -0.05) is 44.2 Å². The van der Waals surface area contributed by atoms with Crippen molar-refractivity contribution in [2.75, 3.05) is 7.11 Å². The van der Waals surface area contributed by atoms with Gasteiger partial charge in [0.1, 0.15) is 17.6 Å². The van der Waals surface area contributed by atoms with E-state index in [4.69, 9.17) is 20.7 Å². The number of aliphatic hydroxyl groups is 1. The molecule has 3 unspecified atom stereocenters. The van der Waals surface area contributed by atoms with Crippen LogP contribution in [0.4, 0.5) is 4.39 Å². The Bertz CT molecular complexity index is 1240. The highest BCUT2D eigenvalue weighted by Crippen LogP contribution is 2.39. The van der Waals surface area contributed by atoms with Crippen molar-refractivity contribution in [2.24, 2.45) is 0 Å². The zero-order valence-corrected chi connectivity index (χ0v) is 20.5. The van der Waals surface area contributed by atoms with Gasteiger partial charge in [0.15, 0.2) is 5.75 Å². The third-order valence-electron chi connectivity index (χ3n) is 5.34. The van der Waals surface area contributed by atoms with Crippen LogP contribution in [0.15, 0.2) is 60.7 Å². The van der Waals surface area contributed by atoms with Gasteiger partial charge in [0.2, 0.25) is 0 Å². The Kier molecular flexibility index (Phi) is 8.84. The Morgan fingerprint density at radius 3 is 2.37 bits per heavy atom. The fourth-order valence-corrected chi connectivity index (χ4v) is 4.25. The van der Waals surface area contributed by atoms with Gasteiger partial charge in [0.25, 0.3) is 5.66 Å². The maximum atomic E-state index is 13.6. The summed E-state index contributed by atoms with van der Waals surface area (Å²) in [5.74, 6) is 1.16. The molecule has 0 fully saturated rings. The van der Waals surface area contributed by atoms with Crippen LogP contribution < -0.4 is 4.74 Å². The highest BCUT2D eigenvalue weighted by Gasteiger charge is 2.38. The van der Waals surface area contributed by atoms with Crippen molar-refractivity contribution in [1.29, 1.82) is 0 Å². The summed E-state index contributed by atoms with van der Waals surface area (Å²) in [5, 5.41) is 10.4. The first-order valence-corrected chi connectivity index (χ1v) is 12.2. The molecule has 8 heteroatoms. The maximum Gasteiger partial charge on any atom is 0.526 e. The number of ether oxygens (including phenoxy) is 1. The van der Waals surface area contributed by atoms with Gasteiger partial charge in [-0.2, -0.15) is 0 Å². The number of hydrogen-bond acceptors (Lipinski definition) is 6. The first-order valence-electron chi connectivity index (χ1n) is 11.0. The standard InChI is InChI=1S/C27H26FNO5P/c1-5-24(35(32)33-4)23(30)16-25(31)34-27-21(17(2)3)15-22(18-9-7-6-8-10-18)29-26(27)19-11-13-20(28)14-12-19/h1,6-15,17,23-24,30H,16H2,2-4H3/q+1. The van der Waals surface area contributed by atoms with E-state index in [0.29, 0.717) is 22.5 Å². The van der Waals surface area contributed by atoms with E-state index < -0.39 is 38.0 Å². The lowest BCUT2D eigenvalue weighted by molar-refractivity contribution is -0.136. The first kappa shape index (κ1) is 26.2. The number of pyridine rings is 1. The van der Waals surface area contributed by atoms with Gasteiger partial charge >= 0.3 is 14.0 Å². The van der Waals surface area contributed by atoms with E-state index in [0.717, 1.165) is 5.56 Å². The molecule has 0 bridgehead atoms. The van der Waals surface area contributed by atoms with E-state index in [-0.39, 0.29) is 11.7 Å². The molecule has 0 saturated heterocycles. The second kappa shape index (κ2) is 11.8. The zero-order chi connectivity index (χ0) is 25.5. The smallest absolute Gasteiger partial charge is 0.424 e. The Morgan fingerprint density at radius 2 is 1.80 bits per heavy atom. The number of terminal acetylenes is 1. The van der Waals surface area contributed by atoms with Crippen molar-refractivity contribution < 1.29 is 28.1 Å². The number of carbonyl (C=O) groups is 1. The Labute approximate surface area is 205 Å². The van der Waals surface area contributed by atoms with Crippen LogP contribution in [0.1, 0.15) is 31.7 Å². The van der Waals surface area contributed by atoms with Gasteiger partial charge in [0.05, 0.1) is 19.2 Å². The molecule has 180 valence electrons. The monoisotopic (exact) mass is 494 g/mol. The summed E-state index contributed by atoms with van der Waals surface area (Å²) in [6, 6.07) is 17.1. The van der Waals surface area contributed by atoms with Crippen LogP contribution in [-0.4, -0.2) is 34.9 Å². The van der Waals surface area contributed by atoms with Gasteiger partial charge in [0, 0.05) is 16.7 Å². The number of aromatic nitrogens is 1. The second-order valence-corrected chi connectivity index (χ2v) is 9.62. The van der Waals surface area contributed by atoms with Crippen molar-refractivity contribution in [2.45, 2.75) is 37.9 Å². The molecule has 0 spiro atoms. The third-order valence-corrected chi connectivity index (χ3v) is 6.65. The number of carbonyl (C=O) groups excluding carboxylic acids is 1. The molecule has 3 atom stereocenters. The molecular weight excluding hydrogens is 468 g/mol. The lowest BCUT2D eigenvalue weighted by atomic mass is 9.96. The predicted molar refractivity (Wildman–Crippen MR) is 133 cm³/mol. The average molecular weight is 494 g/mol. The van der Waals surface area contributed by atoms with Crippen LogP contribution >= 0.6 is 8.03 Å². The molecule has 35 heavy (non-hydrogen) atoms. The molecule has 1 N–H and O–H groups in total. The molecule has 1 heterocycles. The summed E-state index contributed by atoms with van der Waals surface area (Å²) in [5.41, 5.74) is 1.98. The molecule has 0 amide bonds. The second-order valence-electron chi connectivity index (χ2n) is 8.13. The van der Waals surface area contributed by atoms with Crippen molar-refractivity contribution in [3.05, 3.63) is 72.0 Å². The lowest BCUT2D eigenvalue weighted by Gasteiger charge is -2.19. The van der Waals surface area contributed by atoms with Crippen LogP contribution in [0.3, 0.4) is 0 Å². The molecule has 6 nitrogen and oxygen atoms in total. The molecule has 2 aromatic carbocycles. The van der Waals surface area contributed by atoms with Crippen LogP contribution in [0.25, 0.3) is 22.5 Å². The molecule has 0 aliphatic carbocycles. The van der Waals surface area contributed by atoms with Crippen LogP contribution in [0, 0.1) is 18.2 Å². The fraction of sp³-hybridized carbons (Fsp3) is 0.259. The quantitative estimate of drug-likeness (QED) is 0.233. The van der Waals surface area contributed by atoms with Gasteiger partial charge in [-0.3, -0.25) is 4.79 Å². The normalized spacial score (nSPS) is 13.1. The number of benzene rings is 2. The van der Waals surface area contributed by atoms with Gasteiger partial charge < -0.3 is 9.84 Å². The van der Waals surface area contributed by atoms with E-state index in [9.17, 15) is 18.9 Å².